The van der Waals surface area contributed by atoms with Crippen LogP contribution in [0.15, 0.2) is 27.6 Å². The van der Waals surface area contributed by atoms with E-state index in [1.165, 1.54) is 10.5 Å². The van der Waals surface area contributed by atoms with Crippen LogP contribution < -0.4 is 5.73 Å². The number of nitrogens with zero attached hydrogens (tertiary/aromatic N) is 2. The fourth-order valence-electron chi connectivity index (χ4n) is 1.89. The highest BCUT2D eigenvalue weighted by Crippen LogP contribution is 2.24. The number of nitrogens with two attached hydrogens (primary N) is 1. The standard InChI is InChI=1S/C12H18N4O3S/c1-8(2)16(7-10-5-4-9(3)19-10)20(17,18)11-6-14-15-12(11)13/h4-6,8H,7H2,1-3H3,(H3,13,14,15). The third kappa shape index (κ3) is 2.70. The molecule has 0 saturated carbocycles. The van der Waals surface area contributed by atoms with E-state index >= 15 is 0 Å². The summed E-state index contributed by atoms with van der Waals surface area (Å²) in [6.45, 7) is 5.55. The summed E-state index contributed by atoms with van der Waals surface area (Å²) in [5, 5.41) is 6.10. The minimum atomic E-state index is -3.72. The Kier molecular flexibility index (Phi) is 3.87. The highest BCUT2D eigenvalue weighted by molar-refractivity contribution is 7.89. The van der Waals surface area contributed by atoms with Crippen molar-refractivity contribution >= 4 is 15.8 Å². The fourth-order valence-corrected chi connectivity index (χ4v) is 3.50. The molecule has 2 aromatic rings. The summed E-state index contributed by atoms with van der Waals surface area (Å²) >= 11 is 0. The number of hydrogen-bond acceptors (Lipinski definition) is 5. The number of nitrogens with one attached hydrogen (secondary N) is 1. The summed E-state index contributed by atoms with van der Waals surface area (Å²) in [5.74, 6) is 1.36. The Balaban J connectivity index is 2.36. The Morgan fingerprint density at radius 1 is 1.45 bits per heavy atom. The van der Waals surface area contributed by atoms with E-state index < -0.39 is 10.0 Å². The fraction of sp³-hybridized carbons (Fsp3) is 0.417. The molecule has 0 spiro atoms. The predicted molar refractivity (Wildman–Crippen MR) is 74.3 cm³/mol. The zero-order chi connectivity index (χ0) is 14.9. The molecule has 0 aliphatic rings. The zero-order valence-electron chi connectivity index (χ0n) is 11.6. The number of aromatic amines is 1. The Morgan fingerprint density at radius 3 is 2.60 bits per heavy atom. The van der Waals surface area contributed by atoms with Crippen LogP contribution in [-0.2, 0) is 16.6 Å². The van der Waals surface area contributed by atoms with Crippen molar-refractivity contribution < 1.29 is 12.8 Å². The Bertz CT molecular complexity index is 687. The van der Waals surface area contributed by atoms with Gasteiger partial charge in [0.25, 0.3) is 0 Å². The van der Waals surface area contributed by atoms with E-state index in [1.807, 2.05) is 6.92 Å². The molecule has 0 fully saturated rings. The van der Waals surface area contributed by atoms with E-state index in [2.05, 4.69) is 10.2 Å². The van der Waals surface area contributed by atoms with Gasteiger partial charge in [0.15, 0.2) is 0 Å². The second-order valence-corrected chi connectivity index (χ2v) is 6.66. The van der Waals surface area contributed by atoms with Crippen molar-refractivity contribution in [2.24, 2.45) is 0 Å². The van der Waals surface area contributed by atoms with Crippen molar-refractivity contribution in [1.29, 1.82) is 0 Å². The monoisotopic (exact) mass is 298 g/mol. The minimum Gasteiger partial charge on any atom is -0.465 e. The van der Waals surface area contributed by atoms with Gasteiger partial charge in [0.1, 0.15) is 22.2 Å². The summed E-state index contributed by atoms with van der Waals surface area (Å²) in [6, 6.07) is 3.32. The molecular formula is C12H18N4O3S. The average molecular weight is 298 g/mol. The Morgan fingerprint density at radius 2 is 2.15 bits per heavy atom. The van der Waals surface area contributed by atoms with Crippen LogP contribution in [0.4, 0.5) is 5.82 Å². The van der Waals surface area contributed by atoms with E-state index in [9.17, 15) is 8.42 Å². The smallest absolute Gasteiger partial charge is 0.248 e. The number of furan rings is 1. The lowest BCUT2D eigenvalue weighted by atomic mass is 10.3. The van der Waals surface area contributed by atoms with Gasteiger partial charge in [-0.25, -0.2) is 8.42 Å². The molecule has 0 aliphatic heterocycles. The lowest BCUT2D eigenvalue weighted by Crippen LogP contribution is -2.36. The molecule has 110 valence electrons. The summed E-state index contributed by atoms with van der Waals surface area (Å²) in [4.78, 5) is -0.0190. The maximum absolute atomic E-state index is 12.6. The van der Waals surface area contributed by atoms with Gasteiger partial charge >= 0.3 is 0 Å². The summed E-state index contributed by atoms with van der Waals surface area (Å²) in [7, 11) is -3.72. The molecule has 0 atom stereocenters. The third-order valence-electron chi connectivity index (χ3n) is 2.90. The molecule has 0 radical (unpaired) electrons. The molecule has 0 saturated heterocycles. The molecule has 2 rings (SSSR count). The number of rotatable bonds is 5. The SMILES string of the molecule is Cc1ccc(CN(C(C)C)S(=O)(=O)c2cn[nH]c2N)o1. The molecule has 2 aromatic heterocycles. The Hall–Kier alpha value is -1.80. The van der Waals surface area contributed by atoms with Crippen molar-refractivity contribution in [3.05, 3.63) is 29.9 Å². The van der Waals surface area contributed by atoms with Crippen LogP contribution in [0, 0.1) is 6.92 Å². The van der Waals surface area contributed by atoms with E-state index in [0.29, 0.717) is 5.76 Å². The van der Waals surface area contributed by atoms with Crippen molar-refractivity contribution in [1.82, 2.24) is 14.5 Å². The number of H-pyrrole nitrogens is 1. The van der Waals surface area contributed by atoms with Crippen LogP contribution in [-0.4, -0.2) is 29.0 Å². The largest absolute Gasteiger partial charge is 0.465 e. The van der Waals surface area contributed by atoms with Crippen LogP contribution >= 0.6 is 0 Å². The first-order chi connectivity index (χ1) is 9.32. The van der Waals surface area contributed by atoms with E-state index in [-0.39, 0.29) is 23.3 Å². The Labute approximate surface area is 117 Å². The van der Waals surface area contributed by atoms with Crippen LogP contribution in [0.3, 0.4) is 0 Å². The number of nitrogen functional groups attached to an aromatic ring is 1. The molecule has 0 amide bonds. The van der Waals surface area contributed by atoms with Gasteiger partial charge in [-0.15, -0.1) is 0 Å². The van der Waals surface area contributed by atoms with E-state index in [1.54, 1.807) is 26.0 Å². The van der Waals surface area contributed by atoms with Crippen molar-refractivity contribution in [3.63, 3.8) is 0 Å². The first kappa shape index (κ1) is 14.6. The van der Waals surface area contributed by atoms with Crippen molar-refractivity contribution in [2.75, 3.05) is 5.73 Å². The zero-order valence-corrected chi connectivity index (χ0v) is 12.4. The number of hydrogen-bond donors (Lipinski definition) is 2. The highest BCUT2D eigenvalue weighted by atomic mass is 32.2. The predicted octanol–water partition coefficient (Wildman–Crippen LogP) is 1.49. The van der Waals surface area contributed by atoms with Crippen LogP contribution in [0.5, 0.6) is 0 Å². The number of sulfonamides is 1. The van der Waals surface area contributed by atoms with Crippen molar-refractivity contribution in [2.45, 2.75) is 38.3 Å². The van der Waals surface area contributed by atoms with Gasteiger partial charge < -0.3 is 10.2 Å². The van der Waals surface area contributed by atoms with Gasteiger partial charge in [-0.1, -0.05) is 0 Å². The van der Waals surface area contributed by atoms with Crippen LogP contribution in [0.1, 0.15) is 25.4 Å². The molecule has 2 heterocycles. The molecule has 0 unspecified atom stereocenters. The second-order valence-electron chi connectivity index (χ2n) is 4.80. The third-order valence-corrected chi connectivity index (χ3v) is 4.95. The van der Waals surface area contributed by atoms with Gasteiger partial charge in [-0.3, -0.25) is 5.10 Å². The number of aryl methyl sites for hydroxylation is 1. The summed E-state index contributed by atoms with van der Waals surface area (Å²) in [6.07, 6.45) is 1.22. The average Bonchev–Trinajstić information content (AvgIpc) is 2.94. The molecule has 3 N–H and O–H groups in total. The van der Waals surface area contributed by atoms with Crippen LogP contribution in [0.2, 0.25) is 0 Å². The normalized spacial score (nSPS) is 12.4. The molecule has 0 bridgehead atoms. The molecule has 8 heteroatoms. The van der Waals surface area contributed by atoms with E-state index in [4.69, 9.17) is 10.2 Å². The summed E-state index contributed by atoms with van der Waals surface area (Å²) < 4.78 is 32.0. The molecular weight excluding hydrogens is 280 g/mol. The quantitative estimate of drug-likeness (QED) is 0.870. The van der Waals surface area contributed by atoms with E-state index in [0.717, 1.165) is 5.76 Å². The maximum atomic E-state index is 12.6. The summed E-state index contributed by atoms with van der Waals surface area (Å²) in [5.41, 5.74) is 5.61. The topological polar surface area (TPSA) is 105 Å². The van der Waals surface area contributed by atoms with Gasteiger partial charge in [0, 0.05) is 6.04 Å². The van der Waals surface area contributed by atoms with Gasteiger partial charge in [-0.05, 0) is 32.9 Å². The highest BCUT2D eigenvalue weighted by Gasteiger charge is 2.30. The number of anilines is 1. The van der Waals surface area contributed by atoms with Gasteiger partial charge in [0.2, 0.25) is 10.0 Å². The lowest BCUT2D eigenvalue weighted by molar-refractivity contribution is 0.315. The lowest BCUT2D eigenvalue weighted by Gasteiger charge is -2.24. The maximum Gasteiger partial charge on any atom is 0.248 e. The van der Waals surface area contributed by atoms with Crippen LogP contribution in [0.25, 0.3) is 0 Å². The first-order valence-electron chi connectivity index (χ1n) is 6.18. The van der Waals surface area contributed by atoms with Gasteiger partial charge in [0.05, 0.1) is 12.7 Å². The molecule has 7 nitrogen and oxygen atoms in total. The second kappa shape index (κ2) is 5.29. The first-order valence-corrected chi connectivity index (χ1v) is 7.62. The minimum absolute atomic E-state index is 0.0190. The molecule has 0 aliphatic carbocycles. The molecule has 0 aromatic carbocycles. The van der Waals surface area contributed by atoms with Gasteiger partial charge in [-0.2, -0.15) is 9.40 Å². The van der Waals surface area contributed by atoms with Crippen molar-refractivity contribution in [3.8, 4) is 0 Å². The number of aromatic nitrogens is 2. The molecule has 20 heavy (non-hydrogen) atoms.